The summed E-state index contributed by atoms with van der Waals surface area (Å²) in [6.45, 7) is 7.26. The summed E-state index contributed by atoms with van der Waals surface area (Å²) in [6.07, 6.45) is 3.19. The van der Waals surface area contributed by atoms with E-state index in [0.717, 1.165) is 25.7 Å². The van der Waals surface area contributed by atoms with Crippen LogP contribution < -0.4 is 16.4 Å². The molecule has 4 N–H and O–H groups in total. The van der Waals surface area contributed by atoms with Crippen LogP contribution in [0.2, 0.25) is 0 Å². The first-order valence-electron chi connectivity index (χ1n) is 8.16. The summed E-state index contributed by atoms with van der Waals surface area (Å²) in [5.41, 5.74) is 4.50. The summed E-state index contributed by atoms with van der Waals surface area (Å²) in [4.78, 5) is 35.4. The summed E-state index contributed by atoms with van der Waals surface area (Å²) >= 11 is 0. The Labute approximate surface area is 137 Å². The summed E-state index contributed by atoms with van der Waals surface area (Å²) < 4.78 is 5.13. The summed E-state index contributed by atoms with van der Waals surface area (Å²) in [5, 5.41) is 5.36. The lowest BCUT2D eigenvalue weighted by Gasteiger charge is -2.31. The third-order valence-corrected chi connectivity index (χ3v) is 3.85. The SMILES string of the molecule is C[C@@H]1CCCC[C@@H]1NC(=O)[C@H](CC(N)=O)NC(=O)OC(C)(C)C. The van der Waals surface area contributed by atoms with Crippen LogP contribution >= 0.6 is 0 Å². The van der Waals surface area contributed by atoms with Crippen LogP contribution in [-0.2, 0) is 14.3 Å². The average molecular weight is 327 g/mol. The molecular formula is C16H29N3O4. The Morgan fingerprint density at radius 1 is 1.22 bits per heavy atom. The van der Waals surface area contributed by atoms with Crippen molar-refractivity contribution in [3.05, 3.63) is 0 Å². The van der Waals surface area contributed by atoms with Gasteiger partial charge in [0.25, 0.3) is 0 Å². The van der Waals surface area contributed by atoms with Crippen molar-refractivity contribution in [1.29, 1.82) is 0 Å². The molecule has 0 spiro atoms. The molecule has 132 valence electrons. The molecule has 0 unspecified atom stereocenters. The molecule has 1 rings (SSSR count). The van der Waals surface area contributed by atoms with Gasteiger partial charge in [0.15, 0.2) is 0 Å². The molecule has 0 aliphatic heterocycles. The van der Waals surface area contributed by atoms with Gasteiger partial charge in [0, 0.05) is 6.04 Å². The Hall–Kier alpha value is -1.79. The molecule has 1 aliphatic rings. The fraction of sp³-hybridized carbons (Fsp3) is 0.812. The minimum absolute atomic E-state index is 0.0621. The van der Waals surface area contributed by atoms with Gasteiger partial charge in [-0.3, -0.25) is 9.59 Å². The van der Waals surface area contributed by atoms with Gasteiger partial charge in [-0.15, -0.1) is 0 Å². The molecule has 0 aromatic carbocycles. The van der Waals surface area contributed by atoms with Crippen molar-refractivity contribution in [3.63, 3.8) is 0 Å². The van der Waals surface area contributed by atoms with Gasteiger partial charge in [-0.05, 0) is 39.5 Å². The minimum Gasteiger partial charge on any atom is -0.444 e. The van der Waals surface area contributed by atoms with Crippen LogP contribution in [0.5, 0.6) is 0 Å². The number of alkyl carbamates (subject to hydrolysis) is 1. The quantitative estimate of drug-likeness (QED) is 0.709. The second kappa shape index (κ2) is 8.17. The molecule has 1 aliphatic carbocycles. The third-order valence-electron chi connectivity index (χ3n) is 3.85. The molecule has 7 heteroatoms. The van der Waals surface area contributed by atoms with Crippen molar-refractivity contribution < 1.29 is 19.1 Å². The third kappa shape index (κ3) is 7.34. The van der Waals surface area contributed by atoms with Crippen LogP contribution in [0.4, 0.5) is 4.79 Å². The number of amides is 3. The van der Waals surface area contributed by atoms with Gasteiger partial charge in [-0.2, -0.15) is 0 Å². The standard InChI is InChI=1S/C16H29N3O4/c1-10-7-5-6-8-11(10)18-14(21)12(9-13(17)20)19-15(22)23-16(2,3)4/h10-12H,5-9H2,1-4H3,(H2,17,20)(H,18,21)(H,19,22)/t10-,11+,12+/m1/s1. The van der Waals surface area contributed by atoms with Crippen molar-refractivity contribution in [3.8, 4) is 0 Å². The van der Waals surface area contributed by atoms with E-state index in [9.17, 15) is 14.4 Å². The van der Waals surface area contributed by atoms with E-state index in [1.54, 1.807) is 20.8 Å². The first kappa shape index (κ1) is 19.3. The molecule has 0 aromatic rings. The van der Waals surface area contributed by atoms with Gasteiger partial charge in [-0.1, -0.05) is 19.8 Å². The topological polar surface area (TPSA) is 111 Å². The number of carbonyl (C=O) groups excluding carboxylic acids is 3. The molecule has 1 saturated carbocycles. The maximum Gasteiger partial charge on any atom is 0.408 e. The fourth-order valence-corrected chi connectivity index (χ4v) is 2.67. The minimum atomic E-state index is -1.02. The molecule has 7 nitrogen and oxygen atoms in total. The number of primary amides is 1. The highest BCUT2D eigenvalue weighted by Gasteiger charge is 2.29. The van der Waals surface area contributed by atoms with Crippen LogP contribution in [0.1, 0.15) is 59.8 Å². The molecule has 0 saturated heterocycles. The van der Waals surface area contributed by atoms with Crippen LogP contribution in [0.25, 0.3) is 0 Å². The summed E-state index contributed by atoms with van der Waals surface area (Å²) in [7, 11) is 0. The fourth-order valence-electron chi connectivity index (χ4n) is 2.67. The Balaban J connectivity index is 2.66. The van der Waals surface area contributed by atoms with Crippen LogP contribution in [-0.4, -0.2) is 35.6 Å². The Bertz CT molecular complexity index is 445. The van der Waals surface area contributed by atoms with E-state index in [-0.39, 0.29) is 12.5 Å². The predicted molar refractivity (Wildman–Crippen MR) is 86.5 cm³/mol. The van der Waals surface area contributed by atoms with Crippen LogP contribution in [0.3, 0.4) is 0 Å². The van der Waals surface area contributed by atoms with Crippen molar-refractivity contribution >= 4 is 17.9 Å². The lowest BCUT2D eigenvalue weighted by atomic mass is 9.86. The van der Waals surface area contributed by atoms with Crippen molar-refractivity contribution in [2.75, 3.05) is 0 Å². The zero-order valence-electron chi connectivity index (χ0n) is 14.5. The number of nitrogens with two attached hydrogens (primary N) is 1. The Kier molecular flexibility index (Phi) is 6.84. The van der Waals surface area contributed by atoms with Crippen molar-refractivity contribution in [2.24, 2.45) is 11.7 Å². The maximum atomic E-state index is 12.4. The molecular weight excluding hydrogens is 298 g/mol. The molecule has 0 heterocycles. The zero-order chi connectivity index (χ0) is 17.6. The predicted octanol–water partition coefficient (Wildman–Crippen LogP) is 1.45. The number of carbonyl (C=O) groups is 3. The summed E-state index contributed by atoms with van der Waals surface area (Å²) in [6, 6.07) is -0.955. The number of nitrogens with one attached hydrogen (secondary N) is 2. The second-order valence-electron chi connectivity index (χ2n) is 7.25. The number of rotatable bonds is 5. The maximum absolute atomic E-state index is 12.4. The van der Waals surface area contributed by atoms with Gasteiger partial charge in [0.2, 0.25) is 11.8 Å². The molecule has 3 atom stereocenters. The van der Waals surface area contributed by atoms with Gasteiger partial charge in [0.1, 0.15) is 11.6 Å². The van der Waals surface area contributed by atoms with Gasteiger partial charge in [-0.25, -0.2) is 4.79 Å². The van der Waals surface area contributed by atoms with E-state index in [2.05, 4.69) is 17.6 Å². The number of hydrogen-bond acceptors (Lipinski definition) is 4. The highest BCUT2D eigenvalue weighted by molar-refractivity contribution is 5.90. The molecule has 1 fully saturated rings. The van der Waals surface area contributed by atoms with Crippen molar-refractivity contribution in [1.82, 2.24) is 10.6 Å². The normalized spacial score (nSPS) is 22.8. The highest BCUT2D eigenvalue weighted by Crippen LogP contribution is 2.23. The molecule has 23 heavy (non-hydrogen) atoms. The summed E-state index contributed by atoms with van der Waals surface area (Å²) in [5.74, 6) is -0.672. The Morgan fingerprint density at radius 2 is 1.83 bits per heavy atom. The largest absolute Gasteiger partial charge is 0.444 e. The van der Waals surface area contributed by atoms with Crippen LogP contribution in [0, 0.1) is 5.92 Å². The van der Waals surface area contributed by atoms with Crippen LogP contribution in [0.15, 0.2) is 0 Å². The molecule has 3 amide bonds. The molecule has 0 aromatic heterocycles. The monoisotopic (exact) mass is 327 g/mol. The first-order valence-corrected chi connectivity index (χ1v) is 8.16. The second-order valence-corrected chi connectivity index (χ2v) is 7.25. The van der Waals surface area contributed by atoms with E-state index >= 15 is 0 Å². The van der Waals surface area contributed by atoms with E-state index in [1.807, 2.05) is 0 Å². The average Bonchev–Trinajstić information content (AvgIpc) is 2.37. The van der Waals surface area contributed by atoms with E-state index < -0.39 is 29.6 Å². The highest BCUT2D eigenvalue weighted by atomic mass is 16.6. The van der Waals surface area contributed by atoms with Gasteiger partial charge < -0.3 is 21.1 Å². The molecule has 0 radical (unpaired) electrons. The first-order chi connectivity index (χ1) is 10.6. The zero-order valence-corrected chi connectivity index (χ0v) is 14.5. The van der Waals surface area contributed by atoms with Gasteiger partial charge in [0.05, 0.1) is 6.42 Å². The van der Waals surface area contributed by atoms with Gasteiger partial charge >= 0.3 is 6.09 Å². The lowest BCUT2D eigenvalue weighted by molar-refractivity contribution is -0.128. The van der Waals surface area contributed by atoms with Crippen molar-refractivity contribution in [2.45, 2.75) is 77.5 Å². The van der Waals surface area contributed by atoms with E-state index in [0.29, 0.717) is 5.92 Å². The van der Waals surface area contributed by atoms with E-state index in [1.165, 1.54) is 0 Å². The van der Waals surface area contributed by atoms with E-state index in [4.69, 9.17) is 10.5 Å². The smallest absolute Gasteiger partial charge is 0.408 e. The Morgan fingerprint density at radius 3 is 2.35 bits per heavy atom. The number of ether oxygens (including phenoxy) is 1. The lowest BCUT2D eigenvalue weighted by Crippen LogP contribution is -2.53. The molecule has 0 bridgehead atoms. The number of hydrogen-bond donors (Lipinski definition) is 3.